The number of nitrogens with zero attached hydrogens (tertiary/aromatic N) is 2. The Morgan fingerprint density at radius 1 is 1.17 bits per heavy atom. The average Bonchev–Trinajstić information content (AvgIpc) is 2.63. The van der Waals surface area contributed by atoms with Crippen LogP contribution in [-0.4, -0.2) is 33.5 Å². The first-order valence-corrected chi connectivity index (χ1v) is 9.14. The topological polar surface area (TPSA) is 50.3 Å². The van der Waals surface area contributed by atoms with Crippen LogP contribution in [0.5, 0.6) is 0 Å². The van der Waals surface area contributed by atoms with Crippen LogP contribution in [0.2, 0.25) is 0 Å². The van der Waals surface area contributed by atoms with Crippen LogP contribution in [0.4, 0.5) is 0 Å². The second-order valence-electron chi connectivity index (χ2n) is 5.84. The van der Waals surface area contributed by atoms with Crippen molar-refractivity contribution in [1.82, 2.24) is 9.88 Å². The lowest BCUT2D eigenvalue weighted by molar-refractivity contribution is -0.144. The highest BCUT2D eigenvalue weighted by Gasteiger charge is 2.37. The molecular formula is C19H20N2O2S. The zero-order valence-electron chi connectivity index (χ0n) is 13.4. The summed E-state index contributed by atoms with van der Waals surface area (Å²) >= 11 is 1.67. The van der Waals surface area contributed by atoms with Gasteiger partial charge in [0, 0.05) is 18.4 Å². The summed E-state index contributed by atoms with van der Waals surface area (Å²) in [4.78, 5) is 30.0. The first-order valence-electron chi connectivity index (χ1n) is 8.09. The van der Waals surface area contributed by atoms with E-state index >= 15 is 0 Å². The predicted molar refractivity (Wildman–Crippen MR) is 95.4 cm³/mol. The number of β-lactam (4-membered cyclic amide) rings is 1. The van der Waals surface area contributed by atoms with Crippen LogP contribution in [0.25, 0.3) is 0 Å². The van der Waals surface area contributed by atoms with Crippen LogP contribution in [0.1, 0.15) is 24.1 Å². The maximum atomic E-state index is 12.2. The molecule has 1 aromatic carbocycles. The maximum Gasteiger partial charge on any atom is 0.226 e. The molecule has 1 saturated heterocycles. The molecule has 1 fully saturated rings. The quantitative estimate of drug-likeness (QED) is 0.693. The summed E-state index contributed by atoms with van der Waals surface area (Å²) < 4.78 is 0. The molecule has 0 saturated carbocycles. The van der Waals surface area contributed by atoms with Crippen molar-refractivity contribution in [3.8, 4) is 0 Å². The molecule has 1 aliphatic rings. The summed E-state index contributed by atoms with van der Waals surface area (Å²) in [5.74, 6) is 0.949. The van der Waals surface area contributed by atoms with Gasteiger partial charge in [0.1, 0.15) is 0 Å². The van der Waals surface area contributed by atoms with Crippen LogP contribution in [0.15, 0.2) is 54.7 Å². The first kappa shape index (κ1) is 16.7. The van der Waals surface area contributed by atoms with Gasteiger partial charge in [-0.3, -0.25) is 14.6 Å². The number of rotatable bonds is 8. The van der Waals surface area contributed by atoms with E-state index in [9.17, 15) is 9.59 Å². The molecule has 0 bridgehead atoms. The van der Waals surface area contributed by atoms with E-state index in [-0.39, 0.29) is 23.6 Å². The summed E-state index contributed by atoms with van der Waals surface area (Å²) in [5, 5.41) is 0.0974. The van der Waals surface area contributed by atoms with Crippen molar-refractivity contribution < 1.29 is 9.59 Å². The van der Waals surface area contributed by atoms with E-state index < -0.39 is 0 Å². The summed E-state index contributed by atoms with van der Waals surface area (Å²) in [7, 11) is 0. The molecule has 5 heteroatoms. The van der Waals surface area contributed by atoms with E-state index in [1.807, 2.05) is 48.5 Å². The Kier molecular flexibility index (Phi) is 5.64. The molecule has 24 heavy (non-hydrogen) atoms. The Balaban J connectivity index is 1.44. The van der Waals surface area contributed by atoms with E-state index in [0.29, 0.717) is 12.8 Å². The molecule has 3 rings (SSSR count). The largest absolute Gasteiger partial charge is 0.323 e. The Labute approximate surface area is 146 Å². The zero-order chi connectivity index (χ0) is 16.8. The highest BCUT2D eigenvalue weighted by molar-refractivity contribution is 7.99. The molecule has 1 atom stereocenters. The number of hydrogen-bond donors (Lipinski definition) is 0. The van der Waals surface area contributed by atoms with Crippen molar-refractivity contribution in [2.24, 2.45) is 0 Å². The van der Waals surface area contributed by atoms with Gasteiger partial charge in [-0.1, -0.05) is 36.4 Å². The molecule has 1 aromatic heterocycles. The number of carbonyl (C=O) groups excluding carboxylic acids is 2. The van der Waals surface area contributed by atoms with Crippen LogP contribution in [-0.2, 0) is 21.8 Å². The lowest BCUT2D eigenvalue weighted by Crippen LogP contribution is -2.52. The van der Waals surface area contributed by atoms with Crippen molar-refractivity contribution in [2.75, 3.05) is 6.54 Å². The van der Waals surface area contributed by atoms with Crippen molar-refractivity contribution in [3.05, 3.63) is 66.0 Å². The first-order chi connectivity index (χ1) is 11.7. The average molecular weight is 340 g/mol. The second-order valence-corrected chi connectivity index (χ2v) is 7.00. The minimum atomic E-state index is 0.0709. The molecule has 1 aliphatic heterocycles. The van der Waals surface area contributed by atoms with Gasteiger partial charge in [0.25, 0.3) is 0 Å². The number of aryl methyl sites for hydroxylation is 1. The van der Waals surface area contributed by atoms with Gasteiger partial charge in [0.05, 0.1) is 24.0 Å². The van der Waals surface area contributed by atoms with Crippen molar-refractivity contribution in [3.63, 3.8) is 0 Å². The van der Waals surface area contributed by atoms with E-state index in [2.05, 4.69) is 4.98 Å². The number of thioether (sulfide) groups is 1. The molecular weight excluding hydrogens is 320 g/mol. The van der Waals surface area contributed by atoms with E-state index in [4.69, 9.17) is 0 Å². The Morgan fingerprint density at radius 3 is 2.67 bits per heavy atom. The van der Waals surface area contributed by atoms with Crippen LogP contribution < -0.4 is 0 Å². The lowest BCUT2D eigenvalue weighted by Gasteiger charge is -2.39. The highest BCUT2D eigenvalue weighted by Crippen LogP contribution is 2.31. The lowest BCUT2D eigenvalue weighted by atomic mass is 10.1. The van der Waals surface area contributed by atoms with Gasteiger partial charge in [-0.05, 0) is 24.1 Å². The number of hydrogen-bond acceptors (Lipinski definition) is 4. The SMILES string of the molecule is O=C(CCc1ccccc1)CN1C(=O)CC1SCc1ccccn1. The number of aromatic nitrogens is 1. The number of Topliss-reactive ketones (excluding diaryl/α,β-unsaturated/α-hetero) is 1. The van der Waals surface area contributed by atoms with Crippen LogP contribution in [0, 0.1) is 0 Å². The molecule has 0 aliphatic carbocycles. The Morgan fingerprint density at radius 2 is 1.96 bits per heavy atom. The molecule has 0 radical (unpaired) electrons. The van der Waals surface area contributed by atoms with Crippen LogP contribution >= 0.6 is 11.8 Å². The van der Waals surface area contributed by atoms with E-state index in [0.717, 1.165) is 23.4 Å². The molecule has 2 heterocycles. The molecule has 4 nitrogen and oxygen atoms in total. The van der Waals surface area contributed by atoms with Gasteiger partial charge in [-0.15, -0.1) is 11.8 Å². The second kappa shape index (κ2) is 8.11. The number of pyridine rings is 1. The predicted octanol–water partition coefficient (Wildman–Crippen LogP) is 3.08. The van der Waals surface area contributed by atoms with Gasteiger partial charge in [0.15, 0.2) is 5.78 Å². The van der Waals surface area contributed by atoms with Gasteiger partial charge in [-0.25, -0.2) is 0 Å². The number of ketones is 1. The zero-order valence-corrected chi connectivity index (χ0v) is 14.2. The number of carbonyl (C=O) groups is 2. The molecule has 124 valence electrons. The molecule has 1 unspecified atom stereocenters. The Hall–Kier alpha value is -2.14. The van der Waals surface area contributed by atoms with Crippen molar-refractivity contribution in [1.29, 1.82) is 0 Å². The number of likely N-dealkylation sites (tertiary alicyclic amines) is 1. The van der Waals surface area contributed by atoms with E-state index in [1.54, 1.807) is 22.9 Å². The highest BCUT2D eigenvalue weighted by atomic mass is 32.2. The third kappa shape index (κ3) is 4.45. The van der Waals surface area contributed by atoms with E-state index in [1.165, 1.54) is 0 Å². The number of benzene rings is 1. The molecule has 2 aromatic rings. The van der Waals surface area contributed by atoms with Crippen molar-refractivity contribution >= 4 is 23.5 Å². The minimum absolute atomic E-state index is 0.0709. The molecule has 1 amide bonds. The summed E-state index contributed by atoms with van der Waals surface area (Å²) in [6.45, 7) is 0.228. The number of amides is 1. The van der Waals surface area contributed by atoms with Gasteiger partial charge < -0.3 is 4.90 Å². The fourth-order valence-corrected chi connectivity index (χ4v) is 3.79. The fraction of sp³-hybridized carbons (Fsp3) is 0.316. The smallest absolute Gasteiger partial charge is 0.226 e. The van der Waals surface area contributed by atoms with Crippen molar-refractivity contribution in [2.45, 2.75) is 30.4 Å². The summed E-state index contributed by atoms with van der Waals surface area (Å²) in [5.41, 5.74) is 2.15. The Bertz CT molecular complexity index is 691. The normalized spacial score (nSPS) is 16.8. The third-order valence-electron chi connectivity index (χ3n) is 4.05. The summed E-state index contributed by atoms with van der Waals surface area (Å²) in [6.07, 6.45) is 3.50. The van der Waals surface area contributed by atoms with Gasteiger partial charge in [-0.2, -0.15) is 0 Å². The summed E-state index contributed by atoms with van der Waals surface area (Å²) in [6, 6.07) is 15.8. The minimum Gasteiger partial charge on any atom is -0.323 e. The molecule has 0 spiro atoms. The van der Waals surface area contributed by atoms with Gasteiger partial charge in [0.2, 0.25) is 5.91 Å². The molecule has 0 N–H and O–H groups in total. The monoisotopic (exact) mass is 340 g/mol. The van der Waals surface area contributed by atoms with Gasteiger partial charge >= 0.3 is 0 Å². The fourth-order valence-electron chi connectivity index (χ4n) is 2.63. The standard InChI is InChI=1S/C19H20N2O2S/c22-17(10-9-15-6-2-1-3-7-15)13-21-18(23)12-19(21)24-14-16-8-4-5-11-20-16/h1-8,11,19H,9-10,12-14H2. The van der Waals surface area contributed by atoms with Crippen LogP contribution in [0.3, 0.4) is 0 Å². The third-order valence-corrected chi connectivity index (χ3v) is 5.32. The maximum absolute atomic E-state index is 12.2.